The maximum absolute atomic E-state index is 12.3. The van der Waals surface area contributed by atoms with Gasteiger partial charge in [0, 0.05) is 31.9 Å². The van der Waals surface area contributed by atoms with Crippen LogP contribution < -0.4 is 14.9 Å². The Bertz CT molecular complexity index is 860. The second-order valence-corrected chi connectivity index (χ2v) is 7.90. The van der Waals surface area contributed by atoms with E-state index in [0.29, 0.717) is 23.4 Å². The van der Waals surface area contributed by atoms with Crippen molar-refractivity contribution in [2.75, 3.05) is 30.0 Å². The molecular weight excluding hydrogens is 338 g/mol. The van der Waals surface area contributed by atoms with E-state index in [2.05, 4.69) is 10.0 Å². The van der Waals surface area contributed by atoms with Crippen molar-refractivity contribution in [1.29, 1.82) is 0 Å². The Morgan fingerprint density at radius 3 is 2.24 bits per heavy atom. The first-order valence-corrected chi connectivity index (χ1v) is 9.68. The Labute approximate surface area is 148 Å². The Kier molecular flexibility index (Phi) is 5.69. The number of aryl methyl sites for hydroxylation is 1. The Morgan fingerprint density at radius 1 is 1.08 bits per heavy atom. The smallest absolute Gasteiger partial charge is 0.251 e. The number of benzene rings is 2. The fraction of sp³-hybridized carbons (Fsp3) is 0.278. The summed E-state index contributed by atoms with van der Waals surface area (Å²) >= 11 is 0. The van der Waals surface area contributed by atoms with Crippen LogP contribution in [0.5, 0.6) is 0 Å². The number of amides is 1. The Hall–Kier alpha value is -2.54. The molecular formula is C18H23N3O3S. The van der Waals surface area contributed by atoms with Gasteiger partial charge < -0.3 is 10.2 Å². The molecule has 0 spiro atoms. The van der Waals surface area contributed by atoms with Gasteiger partial charge in [0.2, 0.25) is 10.0 Å². The minimum Gasteiger partial charge on any atom is -0.378 e. The summed E-state index contributed by atoms with van der Waals surface area (Å²) in [5.74, 6) is -0.203. The number of anilines is 2. The first kappa shape index (κ1) is 18.8. The van der Waals surface area contributed by atoms with Gasteiger partial charge in [-0.1, -0.05) is 12.1 Å². The van der Waals surface area contributed by atoms with Crippen LogP contribution in [0.25, 0.3) is 0 Å². The average Bonchev–Trinajstić information content (AvgIpc) is 2.53. The highest BCUT2D eigenvalue weighted by molar-refractivity contribution is 7.92. The van der Waals surface area contributed by atoms with Crippen LogP contribution in [0.1, 0.15) is 21.5 Å². The normalized spacial score (nSPS) is 11.0. The number of sulfonamides is 1. The fourth-order valence-electron chi connectivity index (χ4n) is 2.32. The molecule has 2 aromatic carbocycles. The zero-order valence-electron chi connectivity index (χ0n) is 14.8. The molecule has 0 aromatic heterocycles. The van der Waals surface area contributed by atoms with Gasteiger partial charge in [-0.2, -0.15) is 0 Å². The van der Waals surface area contributed by atoms with Crippen LogP contribution in [0, 0.1) is 6.92 Å². The molecule has 1 amide bonds. The number of nitrogens with zero attached hydrogens (tertiary/aromatic N) is 1. The highest BCUT2D eigenvalue weighted by atomic mass is 32.2. The predicted octanol–water partition coefficient (Wildman–Crippen LogP) is 2.36. The molecule has 2 N–H and O–H groups in total. The van der Waals surface area contributed by atoms with Crippen molar-refractivity contribution in [1.82, 2.24) is 5.32 Å². The Morgan fingerprint density at radius 2 is 1.72 bits per heavy atom. The van der Waals surface area contributed by atoms with E-state index in [1.54, 1.807) is 25.1 Å². The van der Waals surface area contributed by atoms with E-state index in [0.717, 1.165) is 17.5 Å². The van der Waals surface area contributed by atoms with Crippen molar-refractivity contribution in [3.8, 4) is 0 Å². The van der Waals surface area contributed by atoms with Gasteiger partial charge in [0.1, 0.15) is 0 Å². The summed E-state index contributed by atoms with van der Waals surface area (Å²) in [7, 11) is 0.604. The van der Waals surface area contributed by atoms with E-state index in [-0.39, 0.29) is 5.91 Å². The molecule has 0 aliphatic carbocycles. The van der Waals surface area contributed by atoms with Gasteiger partial charge in [-0.15, -0.1) is 0 Å². The molecule has 2 rings (SSSR count). The standard InChI is InChI=1S/C18H23N3O3S/c1-13-11-15(7-10-17(13)20-25(4,23)24)18(22)19-12-14-5-8-16(9-6-14)21(2)3/h5-11,20H,12H2,1-4H3,(H,19,22). The summed E-state index contributed by atoms with van der Waals surface area (Å²) in [6.45, 7) is 2.18. The summed E-state index contributed by atoms with van der Waals surface area (Å²) in [5.41, 5.74) is 3.75. The molecule has 0 fully saturated rings. The molecule has 0 radical (unpaired) electrons. The van der Waals surface area contributed by atoms with Gasteiger partial charge in [-0.05, 0) is 48.4 Å². The third-order valence-corrected chi connectivity index (χ3v) is 4.28. The second kappa shape index (κ2) is 7.57. The van der Waals surface area contributed by atoms with Crippen molar-refractivity contribution in [3.63, 3.8) is 0 Å². The SMILES string of the molecule is Cc1cc(C(=O)NCc2ccc(N(C)C)cc2)ccc1NS(C)(=O)=O. The van der Waals surface area contributed by atoms with Crippen LogP contribution in [0.4, 0.5) is 11.4 Å². The van der Waals surface area contributed by atoms with E-state index < -0.39 is 10.0 Å². The number of hydrogen-bond donors (Lipinski definition) is 2. The van der Waals surface area contributed by atoms with Gasteiger partial charge >= 0.3 is 0 Å². The molecule has 0 saturated heterocycles. The lowest BCUT2D eigenvalue weighted by Gasteiger charge is -2.13. The van der Waals surface area contributed by atoms with Crippen LogP contribution in [0.2, 0.25) is 0 Å². The summed E-state index contributed by atoms with van der Waals surface area (Å²) in [5, 5.41) is 2.87. The van der Waals surface area contributed by atoms with Crippen molar-refractivity contribution < 1.29 is 13.2 Å². The van der Waals surface area contributed by atoms with Gasteiger partial charge in [0.15, 0.2) is 0 Å². The lowest BCUT2D eigenvalue weighted by atomic mass is 10.1. The van der Waals surface area contributed by atoms with Crippen LogP contribution in [0.3, 0.4) is 0 Å². The molecule has 0 atom stereocenters. The monoisotopic (exact) mass is 361 g/mol. The van der Waals surface area contributed by atoms with Gasteiger partial charge in [-0.25, -0.2) is 8.42 Å². The predicted molar refractivity (Wildman–Crippen MR) is 102 cm³/mol. The van der Waals surface area contributed by atoms with Crippen molar-refractivity contribution in [3.05, 3.63) is 59.2 Å². The highest BCUT2D eigenvalue weighted by Crippen LogP contribution is 2.18. The second-order valence-electron chi connectivity index (χ2n) is 6.15. The minimum absolute atomic E-state index is 0.203. The molecule has 0 aliphatic heterocycles. The van der Waals surface area contributed by atoms with E-state index >= 15 is 0 Å². The molecule has 0 unspecified atom stereocenters. The quantitative estimate of drug-likeness (QED) is 0.828. The number of nitrogens with one attached hydrogen (secondary N) is 2. The fourth-order valence-corrected chi connectivity index (χ4v) is 2.94. The summed E-state index contributed by atoms with van der Waals surface area (Å²) < 4.78 is 25.0. The van der Waals surface area contributed by atoms with E-state index in [1.165, 1.54) is 0 Å². The van der Waals surface area contributed by atoms with Crippen molar-refractivity contribution in [2.24, 2.45) is 0 Å². The average molecular weight is 361 g/mol. The first-order valence-electron chi connectivity index (χ1n) is 7.78. The first-order chi connectivity index (χ1) is 11.7. The third kappa shape index (κ3) is 5.49. The van der Waals surface area contributed by atoms with Gasteiger partial charge in [0.25, 0.3) is 5.91 Å². The van der Waals surface area contributed by atoms with E-state index in [4.69, 9.17) is 0 Å². The molecule has 0 saturated carbocycles. The molecule has 6 nitrogen and oxygen atoms in total. The van der Waals surface area contributed by atoms with Crippen LogP contribution in [-0.2, 0) is 16.6 Å². The number of hydrogen-bond acceptors (Lipinski definition) is 4. The largest absolute Gasteiger partial charge is 0.378 e. The van der Waals surface area contributed by atoms with Gasteiger partial charge in [-0.3, -0.25) is 9.52 Å². The highest BCUT2D eigenvalue weighted by Gasteiger charge is 2.10. The number of carbonyl (C=O) groups is 1. The number of carbonyl (C=O) groups excluding carboxylic acids is 1. The van der Waals surface area contributed by atoms with E-state index in [9.17, 15) is 13.2 Å². The van der Waals surface area contributed by atoms with Crippen molar-refractivity contribution in [2.45, 2.75) is 13.5 Å². The Balaban J connectivity index is 2.02. The maximum atomic E-state index is 12.3. The third-order valence-electron chi connectivity index (χ3n) is 3.69. The zero-order chi connectivity index (χ0) is 18.6. The minimum atomic E-state index is -3.34. The van der Waals surface area contributed by atoms with Crippen LogP contribution >= 0.6 is 0 Å². The lowest BCUT2D eigenvalue weighted by Crippen LogP contribution is -2.23. The lowest BCUT2D eigenvalue weighted by molar-refractivity contribution is 0.0951. The van der Waals surface area contributed by atoms with E-state index in [1.807, 2.05) is 43.3 Å². The van der Waals surface area contributed by atoms with Gasteiger partial charge in [0.05, 0.1) is 11.9 Å². The zero-order valence-corrected chi connectivity index (χ0v) is 15.6. The molecule has 0 aliphatic rings. The summed E-state index contributed by atoms with van der Waals surface area (Å²) in [6, 6.07) is 12.8. The molecule has 0 heterocycles. The van der Waals surface area contributed by atoms with Crippen LogP contribution in [0.15, 0.2) is 42.5 Å². The number of rotatable bonds is 6. The molecule has 25 heavy (non-hydrogen) atoms. The molecule has 7 heteroatoms. The van der Waals surface area contributed by atoms with Crippen molar-refractivity contribution >= 4 is 27.3 Å². The molecule has 134 valence electrons. The topological polar surface area (TPSA) is 78.5 Å². The maximum Gasteiger partial charge on any atom is 0.251 e. The summed E-state index contributed by atoms with van der Waals surface area (Å²) in [4.78, 5) is 14.3. The molecule has 0 bridgehead atoms. The summed E-state index contributed by atoms with van der Waals surface area (Å²) in [6.07, 6.45) is 1.09. The van der Waals surface area contributed by atoms with Crippen LogP contribution in [-0.4, -0.2) is 34.7 Å². The molecule has 2 aromatic rings.